The maximum atomic E-state index is 10.1. The van der Waals surface area contributed by atoms with Crippen LogP contribution in [0.4, 0.5) is 0 Å². The first-order valence-corrected chi connectivity index (χ1v) is 3.46. The van der Waals surface area contributed by atoms with Crippen molar-refractivity contribution in [1.82, 2.24) is 0 Å². The molecule has 0 spiro atoms. The smallest absolute Gasteiger partial charge is 0.303 e. The minimum Gasteiger partial charge on any atom is -0.481 e. The van der Waals surface area contributed by atoms with Gasteiger partial charge in [0.05, 0.1) is 0 Å². The van der Waals surface area contributed by atoms with Crippen molar-refractivity contribution >= 4 is 5.97 Å². The molecule has 0 aliphatic heterocycles. The number of rotatable bonds is 5. The number of aliphatic carboxylic acids is 1. The van der Waals surface area contributed by atoms with E-state index in [0.29, 0.717) is 12.8 Å². The number of azide groups is 1. The van der Waals surface area contributed by atoms with Crippen LogP contribution < -0.4 is 0 Å². The fraction of sp³-hybridized carbons (Fsp3) is 0.833. The van der Waals surface area contributed by atoms with Crippen LogP contribution in [0.3, 0.4) is 0 Å². The van der Waals surface area contributed by atoms with Gasteiger partial charge in [-0.15, -0.1) is 0 Å². The Morgan fingerprint density at radius 2 is 2.45 bits per heavy atom. The number of carbonyl (C=O) groups is 1. The van der Waals surface area contributed by atoms with Crippen molar-refractivity contribution in [2.24, 2.45) is 5.11 Å². The number of carboxylic acid groups (broad SMARTS) is 1. The molecule has 0 radical (unpaired) electrons. The molecule has 1 N–H and O–H groups in total. The van der Waals surface area contributed by atoms with Crippen molar-refractivity contribution in [1.29, 1.82) is 0 Å². The lowest BCUT2D eigenvalue weighted by molar-refractivity contribution is -0.137. The van der Waals surface area contributed by atoms with Gasteiger partial charge in [0.1, 0.15) is 0 Å². The average molecular weight is 157 g/mol. The standard InChI is InChI=1S/C6H11N3O2/c1-2-5(8-9-7)3-4-6(10)11/h5H,2-4H2,1H3,(H,10,11). The predicted octanol–water partition coefficient (Wildman–Crippen LogP) is 1.94. The lowest BCUT2D eigenvalue weighted by Crippen LogP contribution is -2.05. The van der Waals surface area contributed by atoms with Crippen LogP contribution >= 0.6 is 0 Å². The van der Waals surface area contributed by atoms with Gasteiger partial charge in [-0.2, -0.15) is 0 Å². The molecule has 0 saturated carbocycles. The van der Waals surface area contributed by atoms with E-state index in [1.54, 1.807) is 0 Å². The Bertz CT molecular complexity index is 175. The Hall–Kier alpha value is -1.22. The van der Waals surface area contributed by atoms with Crippen molar-refractivity contribution in [2.75, 3.05) is 0 Å². The van der Waals surface area contributed by atoms with Gasteiger partial charge >= 0.3 is 5.97 Å². The van der Waals surface area contributed by atoms with E-state index in [4.69, 9.17) is 10.6 Å². The Labute approximate surface area is 64.7 Å². The van der Waals surface area contributed by atoms with Crippen LogP contribution in [0.1, 0.15) is 26.2 Å². The summed E-state index contributed by atoms with van der Waals surface area (Å²) in [5.74, 6) is -0.850. The van der Waals surface area contributed by atoms with Gasteiger partial charge in [-0.25, -0.2) is 0 Å². The highest BCUT2D eigenvalue weighted by Crippen LogP contribution is 2.05. The van der Waals surface area contributed by atoms with Gasteiger partial charge < -0.3 is 5.11 Å². The van der Waals surface area contributed by atoms with Crippen LogP contribution in [0.5, 0.6) is 0 Å². The molecule has 0 aliphatic carbocycles. The molecule has 0 saturated heterocycles. The third-order valence-corrected chi connectivity index (χ3v) is 1.38. The molecular weight excluding hydrogens is 146 g/mol. The van der Waals surface area contributed by atoms with E-state index in [9.17, 15) is 4.79 Å². The SMILES string of the molecule is CCC(CCC(=O)O)N=[N+]=[N-]. The number of carboxylic acids is 1. The summed E-state index contributed by atoms with van der Waals surface area (Å²) in [6.07, 6.45) is 1.19. The molecule has 0 aliphatic rings. The summed E-state index contributed by atoms with van der Waals surface area (Å²) in [6.45, 7) is 1.86. The van der Waals surface area contributed by atoms with Gasteiger partial charge in [-0.05, 0) is 18.4 Å². The van der Waals surface area contributed by atoms with E-state index in [1.165, 1.54) is 0 Å². The molecule has 0 aromatic rings. The molecule has 0 rings (SSSR count). The molecule has 1 atom stereocenters. The second kappa shape index (κ2) is 5.56. The highest BCUT2D eigenvalue weighted by molar-refractivity contribution is 5.66. The third-order valence-electron chi connectivity index (χ3n) is 1.38. The Kier molecular flexibility index (Phi) is 4.94. The van der Waals surface area contributed by atoms with Crippen LogP contribution in [-0.2, 0) is 4.79 Å². The summed E-state index contributed by atoms with van der Waals surface area (Å²) < 4.78 is 0. The molecule has 62 valence electrons. The molecular formula is C6H11N3O2. The van der Waals surface area contributed by atoms with Gasteiger partial charge in [-0.3, -0.25) is 4.79 Å². The van der Waals surface area contributed by atoms with E-state index in [2.05, 4.69) is 10.0 Å². The maximum Gasteiger partial charge on any atom is 0.303 e. The van der Waals surface area contributed by atoms with Gasteiger partial charge in [0, 0.05) is 17.4 Å². The Morgan fingerprint density at radius 1 is 1.82 bits per heavy atom. The van der Waals surface area contributed by atoms with Crippen LogP contribution in [-0.4, -0.2) is 17.1 Å². The first-order chi connectivity index (χ1) is 5.20. The molecule has 5 heteroatoms. The lowest BCUT2D eigenvalue weighted by Gasteiger charge is -2.03. The number of hydrogen-bond acceptors (Lipinski definition) is 2. The van der Waals surface area contributed by atoms with E-state index in [1.807, 2.05) is 6.92 Å². The van der Waals surface area contributed by atoms with E-state index in [-0.39, 0.29) is 12.5 Å². The van der Waals surface area contributed by atoms with Crippen molar-refractivity contribution in [3.8, 4) is 0 Å². The zero-order chi connectivity index (χ0) is 8.69. The Morgan fingerprint density at radius 3 is 2.82 bits per heavy atom. The highest BCUT2D eigenvalue weighted by Gasteiger charge is 2.05. The van der Waals surface area contributed by atoms with Crippen LogP contribution in [0, 0.1) is 0 Å². The fourth-order valence-electron chi connectivity index (χ4n) is 0.707. The summed E-state index contributed by atoms with van der Waals surface area (Å²) in [5.41, 5.74) is 8.04. The minimum atomic E-state index is -0.850. The quantitative estimate of drug-likeness (QED) is 0.375. The molecule has 0 heterocycles. The summed E-state index contributed by atoms with van der Waals surface area (Å²) in [7, 11) is 0. The summed E-state index contributed by atoms with van der Waals surface area (Å²) >= 11 is 0. The van der Waals surface area contributed by atoms with Crippen LogP contribution in [0.2, 0.25) is 0 Å². The highest BCUT2D eigenvalue weighted by atomic mass is 16.4. The van der Waals surface area contributed by atoms with Crippen molar-refractivity contribution in [3.05, 3.63) is 10.4 Å². The van der Waals surface area contributed by atoms with E-state index < -0.39 is 5.97 Å². The van der Waals surface area contributed by atoms with E-state index >= 15 is 0 Å². The van der Waals surface area contributed by atoms with Gasteiger partial charge in [0.15, 0.2) is 0 Å². The van der Waals surface area contributed by atoms with Gasteiger partial charge in [0.25, 0.3) is 0 Å². The van der Waals surface area contributed by atoms with Crippen LogP contribution in [0.15, 0.2) is 5.11 Å². The van der Waals surface area contributed by atoms with E-state index in [0.717, 1.165) is 0 Å². The maximum absolute atomic E-state index is 10.1. The molecule has 5 nitrogen and oxygen atoms in total. The van der Waals surface area contributed by atoms with Gasteiger partial charge in [0.2, 0.25) is 0 Å². The van der Waals surface area contributed by atoms with Gasteiger partial charge in [-0.1, -0.05) is 12.0 Å². The topological polar surface area (TPSA) is 86.1 Å². The molecule has 0 bridgehead atoms. The largest absolute Gasteiger partial charge is 0.481 e. The second-order valence-electron chi connectivity index (χ2n) is 2.20. The number of nitrogens with zero attached hydrogens (tertiary/aromatic N) is 3. The lowest BCUT2D eigenvalue weighted by atomic mass is 10.1. The molecule has 0 amide bonds. The average Bonchev–Trinajstić information content (AvgIpc) is 1.97. The first-order valence-electron chi connectivity index (χ1n) is 3.46. The summed E-state index contributed by atoms with van der Waals surface area (Å²) in [5, 5.41) is 11.7. The molecule has 0 fully saturated rings. The third kappa shape index (κ3) is 5.24. The minimum absolute atomic E-state index is 0.0670. The van der Waals surface area contributed by atoms with Crippen molar-refractivity contribution in [3.63, 3.8) is 0 Å². The monoisotopic (exact) mass is 157 g/mol. The predicted molar refractivity (Wildman–Crippen MR) is 40.1 cm³/mol. The summed E-state index contributed by atoms with van der Waals surface area (Å²) in [6, 6.07) is -0.170. The fourth-order valence-corrected chi connectivity index (χ4v) is 0.707. The Balaban J connectivity index is 3.69. The zero-order valence-corrected chi connectivity index (χ0v) is 6.40. The summed E-state index contributed by atoms with van der Waals surface area (Å²) in [4.78, 5) is 12.7. The molecule has 11 heavy (non-hydrogen) atoms. The first kappa shape index (κ1) is 9.78. The number of hydrogen-bond donors (Lipinski definition) is 1. The second-order valence-corrected chi connectivity index (χ2v) is 2.20. The molecule has 0 aromatic heterocycles. The van der Waals surface area contributed by atoms with Crippen molar-refractivity contribution < 1.29 is 9.90 Å². The molecule has 0 aromatic carbocycles. The zero-order valence-electron chi connectivity index (χ0n) is 6.40. The molecule has 1 unspecified atom stereocenters. The van der Waals surface area contributed by atoms with Crippen molar-refractivity contribution in [2.45, 2.75) is 32.2 Å². The van der Waals surface area contributed by atoms with Crippen LogP contribution in [0.25, 0.3) is 10.4 Å². The normalized spacial score (nSPS) is 11.7.